The maximum Gasteiger partial charge on any atom is 0.239 e. The van der Waals surface area contributed by atoms with E-state index in [1.165, 1.54) is 6.33 Å². The van der Waals surface area contributed by atoms with Gasteiger partial charge in [-0.25, -0.2) is 9.97 Å². The van der Waals surface area contributed by atoms with E-state index in [-0.39, 0.29) is 11.9 Å². The molecule has 1 amide bonds. The number of carbonyl (C=O) groups excluding carboxylic acids is 1. The van der Waals surface area contributed by atoms with Crippen LogP contribution in [0.3, 0.4) is 0 Å². The van der Waals surface area contributed by atoms with Gasteiger partial charge in [-0.15, -0.1) is 0 Å². The van der Waals surface area contributed by atoms with E-state index < -0.39 is 0 Å². The minimum Gasteiger partial charge on any atom is -0.383 e. The number of nitrogen functional groups attached to an aromatic ring is 1. The molecule has 6 heteroatoms. The molecule has 0 bridgehead atoms. The summed E-state index contributed by atoms with van der Waals surface area (Å²) in [5.74, 6) is 0.484. The molecule has 0 aliphatic carbocycles. The van der Waals surface area contributed by atoms with E-state index in [1.807, 2.05) is 18.2 Å². The highest BCUT2D eigenvalue weighted by Gasteiger charge is 2.28. The van der Waals surface area contributed by atoms with Crippen LogP contribution in [0.5, 0.6) is 0 Å². The summed E-state index contributed by atoms with van der Waals surface area (Å²) in [4.78, 5) is 21.7. The molecule has 0 unspecified atom stereocenters. The smallest absolute Gasteiger partial charge is 0.239 e. The molecule has 1 saturated heterocycles. The van der Waals surface area contributed by atoms with Crippen LogP contribution in [0.2, 0.25) is 0 Å². The van der Waals surface area contributed by atoms with Crippen molar-refractivity contribution in [1.29, 1.82) is 0 Å². The lowest BCUT2D eigenvalue weighted by molar-refractivity contribution is -0.129. The summed E-state index contributed by atoms with van der Waals surface area (Å²) in [5, 5.41) is 0.829. The average Bonchev–Trinajstić information content (AvgIpc) is 2.71. The van der Waals surface area contributed by atoms with Crippen LogP contribution < -0.4 is 11.5 Å². The second-order valence-electron chi connectivity index (χ2n) is 4.77. The Morgan fingerprint density at radius 1 is 1.37 bits per heavy atom. The van der Waals surface area contributed by atoms with E-state index in [0.717, 1.165) is 22.9 Å². The molecule has 2 aromatic rings. The molecule has 19 heavy (non-hydrogen) atoms. The topological polar surface area (TPSA) is 98.1 Å². The van der Waals surface area contributed by atoms with Crippen LogP contribution in [0.1, 0.15) is 12.0 Å². The molecule has 0 saturated carbocycles. The second-order valence-corrected chi connectivity index (χ2v) is 4.77. The van der Waals surface area contributed by atoms with Gasteiger partial charge in [0.15, 0.2) is 0 Å². The molecule has 0 radical (unpaired) electrons. The quantitative estimate of drug-likeness (QED) is 0.804. The van der Waals surface area contributed by atoms with E-state index in [4.69, 9.17) is 11.5 Å². The van der Waals surface area contributed by atoms with Gasteiger partial charge < -0.3 is 16.4 Å². The first-order chi connectivity index (χ1) is 9.15. The first kappa shape index (κ1) is 11.9. The molecule has 3 rings (SSSR count). The van der Waals surface area contributed by atoms with Crippen molar-refractivity contribution in [3.05, 3.63) is 30.1 Å². The molecular formula is C13H15N5O. The van der Waals surface area contributed by atoms with Crippen LogP contribution in [-0.4, -0.2) is 33.4 Å². The zero-order valence-corrected chi connectivity index (χ0v) is 10.4. The maximum absolute atomic E-state index is 11.8. The number of nitrogens with zero attached hydrogens (tertiary/aromatic N) is 3. The number of rotatable bonds is 2. The number of amides is 1. The van der Waals surface area contributed by atoms with Gasteiger partial charge in [0, 0.05) is 18.5 Å². The van der Waals surface area contributed by atoms with Crippen molar-refractivity contribution >= 4 is 22.6 Å². The molecule has 1 aliphatic rings. The first-order valence-electron chi connectivity index (χ1n) is 6.18. The highest BCUT2D eigenvalue weighted by atomic mass is 16.2. The Labute approximate surface area is 110 Å². The van der Waals surface area contributed by atoms with Gasteiger partial charge in [-0.05, 0) is 24.1 Å². The minimum atomic E-state index is -0.349. The number of fused-ring (bicyclic) bond motifs is 1. The highest BCUT2D eigenvalue weighted by molar-refractivity contribution is 5.88. The van der Waals surface area contributed by atoms with Gasteiger partial charge in [0.25, 0.3) is 0 Å². The van der Waals surface area contributed by atoms with Crippen molar-refractivity contribution in [2.24, 2.45) is 5.73 Å². The predicted octanol–water partition coefficient (Wildman–Crippen LogP) is 0.272. The van der Waals surface area contributed by atoms with Crippen molar-refractivity contribution in [1.82, 2.24) is 14.9 Å². The number of aromatic nitrogens is 2. The predicted molar refractivity (Wildman–Crippen MR) is 72.0 cm³/mol. The Morgan fingerprint density at radius 2 is 2.21 bits per heavy atom. The van der Waals surface area contributed by atoms with Crippen LogP contribution >= 0.6 is 0 Å². The Hall–Kier alpha value is -2.21. The van der Waals surface area contributed by atoms with E-state index in [9.17, 15) is 4.79 Å². The lowest BCUT2D eigenvalue weighted by Crippen LogP contribution is -2.33. The SMILES string of the molecule is Nc1ncnc2cc(CN3CC[C@H](N)C3=O)ccc12. The molecule has 1 fully saturated rings. The third-order valence-electron chi connectivity index (χ3n) is 3.44. The first-order valence-corrected chi connectivity index (χ1v) is 6.18. The normalized spacial score (nSPS) is 19.3. The van der Waals surface area contributed by atoms with Crippen LogP contribution in [0.25, 0.3) is 10.9 Å². The van der Waals surface area contributed by atoms with E-state index in [2.05, 4.69) is 9.97 Å². The third kappa shape index (κ3) is 2.10. The molecule has 2 heterocycles. The zero-order chi connectivity index (χ0) is 13.4. The number of hydrogen-bond donors (Lipinski definition) is 2. The lowest BCUT2D eigenvalue weighted by Gasteiger charge is -2.16. The number of benzene rings is 1. The number of hydrogen-bond acceptors (Lipinski definition) is 5. The Kier molecular flexibility index (Phi) is 2.79. The van der Waals surface area contributed by atoms with Crippen molar-refractivity contribution in [2.75, 3.05) is 12.3 Å². The van der Waals surface area contributed by atoms with Crippen LogP contribution in [0.15, 0.2) is 24.5 Å². The monoisotopic (exact) mass is 257 g/mol. The highest BCUT2D eigenvalue weighted by Crippen LogP contribution is 2.20. The second kappa shape index (κ2) is 4.47. The van der Waals surface area contributed by atoms with Gasteiger partial charge in [0.2, 0.25) is 5.91 Å². The van der Waals surface area contributed by atoms with E-state index >= 15 is 0 Å². The van der Waals surface area contributed by atoms with Crippen molar-refractivity contribution in [3.8, 4) is 0 Å². The fourth-order valence-electron chi connectivity index (χ4n) is 2.36. The number of carbonyl (C=O) groups is 1. The fourth-order valence-corrected chi connectivity index (χ4v) is 2.36. The molecule has 1 aromatic heterocycles. The molecule has 1 atom stereocenters. The van der Waals surface area contributed by atoms with Crippen LogP contribution in [-0.2, 0) is 11.3 Å². The summed E-state index contributed by atoms with van der Waals surface area (Å²) < 4.78 is 0. The summed E-state index contributed by atoms with van der Waals surface area (Å²) in [5.41, 5.74) is 13.3. The van der Waals surface area contributed by atoms with Crippen LogP contribution in [0, 0.1) is 0 Å². The summed E-state index contributed by atoms with van der Waals surface area (Å²) in [6.07, 6.45) is 2.17. The number of anilines is 1. The molecule has 98 valence electrons. The Bertz CT molecular complexity index is 642. The molecular weight excluding hydrogens is 242 g/mol. The largest absolute Gasteiger partial charge is 0.383 e. The van der Waals surface area contributed by atoms with Crippen LogP contribution in [0.4, 0.5) is 5.82 Å². The molecule has 6 nitrogen and oxygen atoms in total. The summed E-state index contributed by atoms with van der Waals surface area (Å²) in [7, 11) is 0. The Morgan fingerprint density at radius 3 is 2.95 bits per heavy atom. The van der Waals surface area contributed by atoms with Crippen molar-refractivity contribution in [3.63, 3.8) is 0 Å². The number of likely N-dealkylation sites (tertiary alicyclic amines) is 1. The fraction of sp³-hybridized carbons (Fsp3) is 0.308. The summed E-state index contributed by atoms with van der Waals surface area (Å²) >= 11 is 0. The zero-order valence-electron chi connectivity index (χ0n) is 10.4. The molecule has 1 aromatic carbocycles. The Balaban J connectivity index is 1.88. The standard InChI is InChI=1S/C13H15N5O/c14-10-3-4-18(13(10)19)6-8-1-2-9-11(5-8)16-7-17-12(9)15/h1-2,5,7,10H,3-4,6,14H2,(H2,15,16,17)/t10-/m0/s1. The van der Waals surface area contributed by atoms with Crippen molar-refractivity contribution < 1.29 is 4.79 Å². The van der Waals surface area contributed by atoms with Gasteiger partial charge in [0.05, 0.1) is 11.6 Å². The molecule has 4 N–H and O–H groups in total. The molecule has 0 spiro atoms. The third-order valence-corrected chi connectivity index (χ3v) is 3.44. The maximum atomic E-state index is 11.8. The molecule has 1 aliphatic heterocycles. The van der Waals surface area contributed by atoms with Crippen molar-refractivity contribution in [2.45, 2.75) is 19.0 Å². The average molecular weight is 257 g/mol. The van der Waals surface area contributed by atoms with Gasteiger partial charge in [-0.2, -0.15) is 0 Å². The number of nitrogens with two attached hydrogens (primary N) is 2. The summed E-state index contributed by atoms with van der Waals surface area (Å²) in [6.45, 7) is 1.27. The van der Waals surface area contributed by atoms with E-state index in [0.29, 0.717) is 18.9 Å². The van der Waals surface area contributed by atoms with E-state index in [1.54, 1.807) is 4.90 Å². The van der Waals surface area contributed by atoms with Gasteiger partial charge in [-0.1, -0.05) is 6.07 Å². The van der Waals surface area contributed by atoms with Gasteiger partial charge >= 0.3 is 0 Å². The summed E-state index contributed by atoms with van der Waals surface area (Å²) in [6, 6.07) is 5.42. The van der Waals surface area contributed by atoms with Gasteiger partial charge in [0.1, 0.15) is 12.1 Å². The lowest BCUT2D eigenvalue weighted by atomic mass is 10.1. The minimum absolute atomic E-state index is 0.0160. The van der Waals surface area contributed by atoms with Gasteiger partial charge in [-0.3, -0.25) is 4.79 Å².